The number of piperazine rings is 1. The number of carbonyl (C=O) groups is 2. The highest BCUT2D eigenvalue weighted by molar-refractivity contribution is 6.02. The second kappa shape index (κ2) is 7.20. The maximum atomic E-state index is 12.9. The maximum absolute atomic E-state index is 12.9. The van der Waals surface area contributed by atoms with Crippen LogP contribution >= 0.6 is 0 Å². The number of hydrogen-bond donors (Lipinski definition) is 0. The molecule has 5 nitrogen and oxygen atoms in total. The van der Waals surface area contributed by atoms with Crippen LogP contribution in [-0.2, 0) is 4.79 Å². The lowest BCUT2D eigenvalue weighted by Gasteiger charge is -2.39. The van der Waals surface area contributed by atoms with Gasteiger partial charge in [-0.05, 0) is 56.7 Å². The molecule has 0 bridgehead atoms. The van der Waals surface area contributed by atoms with Gasteiger partial charge in [0.05, 0.1) is 7.11 Å². The highest BCUT2D eigenvalue weighted by Crippen LogP contribution is 2.24. The van der Waals surface area contributed by atoms with E-state index in [0.717, 1.165) is 22.6 Å². The fourth-order valence-electron chi connectivity index (χ4n) is 3.27. The molecule has 1 aliphatic rings. The van der Waals surface area contributed by atoms with E-state index in [-0.39, 0.29) is 24.4 Å². The van der Waals surface area contributed by atoms with Gasteiger partial charge in [0.25, 0.3) is 5.91 Å². The molecule has 0 saturated carbocycles. The molecule has 2 aromatic carbocycles. The number of carbonyl (C=O) groups excluding carboxylic acids is 2. The van der Waals surface area contributed by atoms with Gasteiger partial charge in [-0.2, -0.15) is 0 Å². The van der Waals surface area contributed by atoms with Crippen LogP contribution in [0, 0.1) is 13.8 Å². The van der Waals surface area contributed by atoms with E-state index in [1.165, 1.54) is 0 Å². The molecule has 2 aromatic rings. The molecule has 1 unspecified atom stereocenters. The van der Waals surface area contributed by atoms with Gasteiger partial charge in [-0.1, -0.05) is 17.7 Å². The summed E-state index contributed by atoms with van der Waals surface area (Å²) in [6.45, 7) is 6.46. The number of nitrogens with zero attached hydrogens (tertiary/aromatic N) is 2. The van der Waals surface area contributed by atoms with Crippen LogP contribution in [0.1, 0.15) is 28.4 Å². The molecule has 26 heavy (non-hydrogen) atoms. The standard InChI is InChI=1S/C21H24N2O3/c1-14-5-8-18(9-6-14)23-12-16(3)22(13-20(23)24)21(25)17-7-10-19(26-4)15(2)11-17/h5-11,16H,12-13H2,1-4H3. The SMILES string of the molecule is COc1ccc(C(=O)N2CC(=O)N(c3ccc(C)cc3)CC2C)cc1C. The minimum atomic E-state index is -0.125. The number of anilines is 1. The number of methoxy groups -OCH3 is 1. The largest absolute Gasteiger partial charge is 0.496 e. The molecule has 2 amide bonds. The lowest BCUT2D eigenvalue weighted by atomic mass is 10.1. The average molecular weight is 352 g/mol. The molecule has 1 fully saturated rings. The van der Waals surface area contributed by atoms with Crippen molar-refractivity contribution in [3.05, 3.63) is 59.2 Å². The molecule has 0 N–H and O–H groups in total. The van der Waals surface area contributed by atoms with Crippen molar-refractivity contribution in [2.45, 2.75) is 26.8 Å². The zero-order valence-corrected chi connectivity index (χ0v) is 15.7. The highest BCUT2D eigenvalue weighted by atomic mass is 16.5. The maximum Gasteiger partial charge on any atom is 0.254 e. The first kappa shape index (κ1) is 18.0. The summed E-state index contributed by atoms with van der Waals surface area (Å²) in [7, 11) is 1.61. The van der Waals surface area contributed by atoms with Crippen molar-refractivity contribution in [1.82, 2.24) is 4.90 Å². The molecule has 1 atom stereocenters. The van der Waals surface area contributed by atoms with Crippen LogP contribution in [0.15, 0.2) is 42.5 Å². The normalized spacial score (nSPS) is 17.4. The van der Waals surface area contributed by atoms with Crippen molar-refractivity contribution >= 4 is 17.5 Å². The Labute approximate surface area is 154 Å². The zero-order chi connectivity index (χ0) is 18.8. The van der Waals surface area contributed by atoms with E-state index in [0.29, 0.717) is 12.1 Å². The van der Waals surface area contributed by atoms with Crippen molar-refractivity contribution in [2.24, 2.45) is 0 Å². The van der Waals surface area contributed by atoms with Crippen molar-refractivity contribution in [1.29, 1.82) is 0 Å². The lowest BCUT2D eigenvalue weighted by Crippen LogP contribution is -2.57. The van der Waals surface area contributed by atoms with Crippen LogP contribution in [-0.4, -0.2) is 43.0 Å². The molecule has 5 heteroatoms. The van der Waals surface area contributed by atoms with E-state index in [1.807, 2.05) is 51.1 Å². The van der Waals surface area contributed by atoms with Gasteiger partial charge >= 0.3 is 0 Å². The summed E-state index contributed by atoms with van der Waals surface area (Å²) in [6, 6.07) is 13.2. The predicted molar refractivity (Wildman–Crippen MR) is 102 cm³/mol. The van der Waals surface area contributed by atoms with E-state index in [2.05, 4.69) is 0 Å². The fraction of sp³-hybridized carbons (Fsp3) is 0.333. The lowest BCUT2D eigenvalue weighted by molar-refractivity contribution is -0.121. The molecule has 0 radical (unpaired) electrons. The first-order valence-electron chi connectivity index (χ1n) is 8.73. The Bertz CT molecular complexity index is 830. The summed E-state index contributed by atoms with van der Waals surface area (Å²) in [4.78, 5) is 29.0. The monoisotopic (exact) mass is 352 g/mol. The predicted octanol–water partition coefficient (Wildman–Crippen LogP) is 3.19. The van der Waals surface area contributed by atoms with E-state index in [1.54, 1.807) is 29.0 Å². The van der Waals surface area contributed by atoms with Crippen molar-refractivity contribution < 1.29 is 14.3 Å². The van der Waals surface area contributed by atoms with Crippen LogP contribution in [0.2, 0.25) is 0 Å². The van der Waals surface area contributed by atoms with Crippen molar-refractivity contribution in [3.8, 4) is 5.75 Å². The summed E-state index contributed by atoms with van der Waals surface area (Å²) in [5.41, 5.74) is 3.50. The van der Waals surface area contributed by atoms with Gasteiger partial charge in [0, 0.05) is 23.8 Å². The Balaban J connectivity index is 1.78. The molecular weight excluding hydrogens is 328 g/mol. The highest BCUT2D eigenvalue weighted by Gasteiger charge is 2.33. The fourth-order valence-corrected chi connectivity index (χ4v) is 3.27. The van der Waals surface area contributed by atoms with Gasteiger partial charge in [-0.15, -0.1) is 0 Å². The second-order valence-corrected chi connectivity index (χ2v) is 6.81. The van der Waals surface area contributed by atoms with Gasteiger partial charge in [0.2, 0.25) is 5.91 Å². The summed E-state index contributed by atoms with van der Waals surface area (Å²) in [5.74, 6) is 0.556. The number of hydrogen-bond acceptors (Lipinski definition) is 3. The minimum absolute atomic E-state index is 0.0643. The van der Waals surface area contributed by atoms with Crippen LogP contribution in [0.4, 0.5) is 5.69 Å². The summed E-state index contributed by atoms with van der Waals surface area (Å²) < 4.78 is 5.25. The Morgan fingerprint density at radius 1 is 1.12 bits per heavy atom. The smallest absolute Gasteiger partial charge is 0.254 e. The van der Waals surface area contributed by atoms with Crippen LogP contribution < -0.4 is 9.64 Å². The van der Waals surface area contributed by atoms with E-state index >= 15 is 0 Å². The second-order valence-electron chi connectivity index (χ2n) is 6.81. The van der Waals surface area contributed by atoms with Gasteiger partial charge in [0.15, 0.2) is 0 Å². The topological polar surface area (TPSA) is 49.9 Å². The van der Waals surface area contributed by atoms with Gasteiger partial charge in [-0.3, -0.25) is 9.59 Å². The summed E-state index contributed by atoms with van der Waals surface area (Å²) >= 11 is 0. The molecule has 3 rings (SSSR count). The minimum Gasteiger partial charge on any atom is -0.496 e. The third-order valence-corrected chi connectivity index (χ3v) is 4.83. The molecule has 0 aromatic heterocycles. The van der Waals surface area contributed by atoms with Crippen LogP contribution in [0.3, 0.4) is 0 Å². The van der Waals surface area contributed by atoms with E-state index < -0.39 is 0 Å². The summed E-state index contributed by atoms with van der Waals surface area (Å²) in [6.07, 6.45) is 0. The Morgan fingerprint density at radius 2 is 1.81 bits per heavy atom. The zero-order valence-electron chi connectivity index (χ0n) is 15.7. The number of rotatable bonds is 3. The third-order valence-electron chi connectivity index (χ3n) is 4.83. The van der Waals surface area contributed by atoms with Crippen molar-refractivity contribution in [2.75, 3.05) is 25.1 Å². The van der Waals surface area contributed by atoms with E-state index in [4.69, 9.17) is 4.74 Å². The van der Waals surface area contributed by atoms with Crippen LogP contribution in [0.25, 0.3) is 0 Å². The van der Waals surface area contributed by atoms with Gasteiger partial charge < -0.3 is 14.5 Å². The molecule has 1 aliphatic heterocycles. The molecular formula is C21H24N2O3. The Hall–Kier alpha value is -2.82. The first-order valence-corrected chi connectivity index (χ1v) is 8.73. The Morgan fingerprint density at radius 3 is 2.42 bits per heavy atom. The van der Waals surface area contributed by atoms with Crippen molar-refractivity contribution in [3.63, 3.8) is 0 Å². The number of aryl methyl sites for hydroxylation is 2. The molecule has 0 aliphatic carbocycles. The first-order chi connectivity index (χ1) is 12.4. The number of ether oxygens (including phenoxy) is 1. The molecule has 136 valence electrons. The molecule has 0 spiro atoms. The quantitative estimate of drug-likeness (QED) is 0.852. The molecule has 1 heterocycles. The average Bonchev–Trinajstić information content (AvgIpc) is 2.63. The third kappa shape index (κ3) is 3.43. The van der Waals surface area contributed by atoms with Crippen LogP contribution in [0.5, 0.6) is 5.75 Å². The number of benzene rings is 2. The molecule has 1 saturated heterocycles. The Kier molecular flexibility index (Phi) is 4.98. The van der Waals surface area contributed by atoms with E-state index in [9.17, 15) is 9.59 Å². The van der Waals surface area contributed by atoms with Gasteiger partial charge in [0.1, 0.15) is 12.3 Å². The van der Waals surface area contributed by atoms with Gasteiger partial charge in [-0.25, -0.2) is 0 Å². The number of amides is 2. The summed E-state index contributed by atoms with van der Waals surface area (Å²) in [5, 5.41) is 0.